The molecule has 1 aliphatic heterocycles. The first-order chi connectivity index (χ1) is 10.5. The van der Waals surface area contributed by atoms with Gasteiger partial charge in [0.05, 0.1) is 11.1 Å². The maximum Gasteiger partial charge on any atom is 0.245 e. The van der Waals surface area contributed by atoms with Crippen LogP contribution >= 0.6 is 11.6 Å². The van der Waals surface area contributed by atoms with Crippen LogP contribution in [0.2, 0.25) is 5.02 Å². The molecule has 3 rings (SSSR count). The van der Waals surface area contributed by atoms with E-state index in [2.05, 4.69) is 0 Å². The van der Waals surface area contributed by atoms with Gasteiger partial charge in [-0.15, -0.1) is 0 Å². The number of rotatable bonds is 3. The van der Waals surface area contributed by atoms with Crippen molar-refractivity contribution in [3.8, 4) is 0 Å². The van der Waals surface area contributed by atoms with E-state index in [9.17, 15) is 8.42 Å². The van der Waals surface area contributed by atoms with Gasteiger partial charge in [0.25, 0.3) is 0 Å². The summed E-state index contributed by atoms with van der Waals surface area (Å²) in [4.78, 5) is 0.192. The Morgan fingerprint density at radius 3 is 2.50 bits per heavy atom. The number of hydrogen-bond donors (Lipinski definition) is 0. The first-order valence-corrected chi connectivity index (χ1v) is 9.15. The van der Waals surface area contributed by atoms with Crippen molar-refractivity contribution in [1.29, 1.82) is 0 Å². The van der Waals surface area contributed by atoms with Crippen LogP contribution in [0.15, 0.2) is 53.4 Å². The summed E-state index contributed by atoms with van der Waals surface area (Å²) in [5, 5.41) is 0.276. The van der Waals surface area contributed by atoms with Gasteiger partial charge in [-0.05, 0) is 43.0 Å². The molecule has 1 saturated heterocycles. The molecular weight excluding hydrogens is 318 g/mol. The Balaban J connectivity index is 2.04. The standard InChI is InChI=1S/C17H18ClNO2S/c1-13-7-2-3-8-14(13)16-10-6-12-19(16)22(20,21)17-11-5-4-9-15(17)18/h2-5,7-9,11,16H,6,10,12H2,1H3. The van der Waals surface area contributed by atoms with Crippen molar-refractivity contribution >= 4 is 21.6 Å². The van der Waals surface area contributed by atoms with Crippen molar-refractivity contribution < 1.29 is 8.42 Å². The van der Waals surface area contributed by atoms with Crippen molar-refractivity contribution in [3.05, 3.63) is 64.7 Å². The van der Waals surface area contributed by atoms with Crippen molar-refractivity contribution in [2.24, 2.45) is 0 Å². The Morgan fingerprint density at radius 2 is 1.77 bits per heavy atom. The van der Waals surface area contributed by atoms with Crippen molar-refractivity contribution in [2.75, 3.05) is 6.54 Å². The van der Waals surface area contributed by atoms with Gasteiger partial charge in [0.2, 0.25) is 10.0 Å². The first kappa shape index (κ1) is 15.5. The van der Waals surface area contributed by atoms with Crippen molar-refractivity contribution in [1.82, 2.24) is 4.31 Å². The largest absolute Gasteiger partial charge is 0.245 e. The second-order valence-corrected chi connectivity index (χ2v) is 7.83. The lowest BCUT2D eigenvalue weighted by molar-refractivity contribution is 0.395. The molecule has 1 heterocycles. The van der Waals surface area contributed by atoms with Gasteiger partial charge < -0.3 is 0 Å². The van der Waals surface area contributed by atoms with Gasteiger partial charge in [-0.2, -0.15) is 4.31 Å². The van der Waals surface area contributed by atoms with Crippen LogP contribution in [0.3, 0.4) is 0 Å². The number of benzene rings is 2. The third-order valence-electron chi connectivity index (χ3n) is 4.17. The summed E-state index contributed by atoms with van der Waals surface area (Å²) in [5.74, 6) is 0. The molecule has 0 bridgehead atoms. The predicted molar refractivity (Wildman–Crippen MR) is 88.5 cm³/mol. The lowest BCUT2D eigenvalue weighted by Gasteiger charge is -2.26. The molecule has 1 fully saturated rings. The minimum atomic E-state index is -3.58. The third-order valence-corrected chi connectivity index (χ3v) is 6.58. The first-order valence-electron chi connectivity index (χ1n) is 7.34. The second-order valence-electron chi connectivity index (χ2n) is 5.56. The van der Waals surface area contributed by atoms with Gasteiger partial charge in [-0.3, -0.25) is 0 Å². The highest BCUT2D eigenvalue weighted by atomic mass is 35.5. The Kier molecular flexibility index (Phi) is 4.26. The van der Waals surface area contributed by atoms with Gasteiger partial charge in [0, 0.05) is 6.54 Å². The Labute approximate surface area is 136 Å². The summed E-state index contributed by atoms with van der Waals surface area (Å²) in [6, 6.07) is 14.5. The topological polar surface area (TPSA) is 37.4 Å². The molecule has 116 valence electrons. The summed E-state index contributed by atoms with van der Waals surface area (Å²) in [5.41, 5.74) is 2.20. The van der Waals surface area contributed by atoms with Gasteiger partial charge >= 0.3 is 0 Å². The van der Waals surface area contributed by atoms with Crippen LogP contribution in [0.1, 0.15) is 30.0 Å². The monoisotopic (exact) mass is 335 g/mol. The van der Waals surface area contributed by atoms with E-state index in [0.717, 1.165) is 24.0 Å². The van der Waals surface area contributed by atoms with E-state index in [1.807, 2.05) is 31.2 Å². The van der Waals surface area contributed by atoms with Gasteiger partial charge in [-0.25, -0.2) is 8.42 Å². The third kappa shape index (κ3) is 2.67. The molecular formula is C17H18ClNO2S. The molecule has 0 aromatic heterocycles. The van der Waals surface area contributed by atoms with Crippen molar-refractivity contribution in [2.45, 2.75) is 30.7 Å². The van der Waals surface area contributed by atoms with E-state index in [4.69, 9.17) is 11.6 Å². The highest BCUT2D eigenvalue weighted by Crippen LogP contribution is 2.38. The number of nitrogens with zero attached hydrogens (tertiary/aromatic N) is 1. The maximum absolute atomic E-state index is 13.0. The van der Waals surface area contributed by atoms with E-state index in [1.54, 1.807) is 28.6 Å². The molecule has 1 atom stereocenters. The van der Waals surface area contributed by atoms with Crippen LogP contribution in [-0.4, -0.2) is 19.3 Å². The quantitative estimate of drug-likeness (QED) is 0.844. The molecule has 1 aliphatic rings. The molecule has 22 heavy (non-hydrogen) atoms. The number of halogens is 1. The van der Waals surface area contributed by atoms with Gasteiger partial charge in [0.15, 0.2) is 0 Å². The molecule has 0 amide bonds. The summed E-state index contributed by atoms with van der Waals surface area (Å²) in [6.45, 7) is 2.56. The molecule has 1 unspecified atom stereocenters. The smallest absolute Gasteiger partial charge is 0.207 e. The van der Waals surface area contributed by atoms with Crippen LogP contribution in [0.25, 0.3) is 0 Å². The van der Waals surface area contributed by atoms with Crippen LogP contribution in [-0.2, 0) is 10.0 Å². The maximum atomic E-state index is 13.0. The van der Waals surface area contributed by atoms with Crippen LogP contribution in [0, 0.1) is 6.92 Å². The van der Waals surface area contributed by atoms with Crippen LogP contribution in [0.4, 0.5) is 0 Å². The number of hydrogen-bond acceptors (Lipinski definition) is 2. The minimum Gasteiger partial charge on any atom is -0.207 e. The SMILES string of the molecule is Cc1ccccc1C1CCCN1S(=O)(=O)c1ccccc1Cl. The average molecular weight is 336 g/mol. The summed E-state index contributed by atoms with van der Waals surface area (Å²) in [7, 11) is -3.58. The zero-order valence-electron chi connectivity index (χ0n) is 12.4. The molecule has 0 N–H and O–H groups in total. The molecule has 2 aromatic rings. The van der Waals surface area contributed by atoms with Crippen LogP contribution in [0.5, 0.6) is 0 Å². The Hall–Kier alpha value is -1.36. The highest BCUT2D eigenvalue weighted by molar-refractivity contribution is 7.89. The summed E-state index contributed by atoms with van der Waals surface area (Å²) in [6.07, 6.45) is 1.71. The summed E-state index contributed by atoms with van der Waals surface area (Å²) < 4.78 is 27.6. The fourth-order valence-electron chi connectivity index (χ4n) is 3.08. The Bertz CT molecular complexity index is 789. The van der Waals surface area contributed by atoms with E-state index >= 15 is 0 Å². The van der Waals surface area contributed by atoms with E-state index in [0.29, 0.717) is 6.54 Å². The van der Waals surface area contributed by atoms with E-state index in [1.165, 1.54) is 0 Å². The summed E-state index contributed by atoms with van der Waals surface area (Å²) >= 11 is 6.11. The number of sulfonamides is 1. The molecule has 3 nitrogen and oxygen atoms in total. The lowest BCUT2D eigenvalue weighted by Crippen LogP contribution is -2.31. The zero-order valence-corrected chi connectivity index (χ0v) is 13.9. The Morgan fingerprint density at radius 1 is 1.09 bits per heavy atom. The zero-order chi connectivity index (χ0) is 15.7. The highest BCUT2D eigenvalue weighted by Gasteiger charge is 2.37. The molecule has 0 spiro atoms. The average Bonchev–Trinajstić information content (AvgIpc) is 2.98. The van der Waals surface area contributed by atoms with Crippen molar-refractivity contribution in [3.63, 3.8) is 0 Å². The fourth-order valence-corrected chi connectivity index (χ4v) is 5.25. The van der Waals surface area contributed by atoms with E-state index < -0.39 is 10.0 Å². The fraction of sp³-hybridized carbons (Fsp3) is 0.294. The number of aryl methyl sites for hydroxylation is 1. The van der Waals surface area contributed by atoms with Crippen LogP contribution < -0.4 is 0 Å². The van der Waals surface area contributed by atoms with E-state index in [-0.39, 0.29) is 16.0 Å². The second kappa shape index (κ2) is 6.03. The molecule has 0 saturated carbocycles. The molecule has 5 heteroatoms. The van der Waals surface area contributed by atoms with Gasteiger partial charge in [0.1, 0.15) is 4.90 Å². The predicted octanol–water partition coefficient (Wildman–Crippen LogP) is 4.17. The van der Waals surface area contributed by atoms with Gasteiger partial charge in [-0.1, -0.05) is 48.0 Å². The molecule has 2 aromatic carbocycles. The molecule has 0 aliphatic carbocycles. The minimum absolute atomic E-state index is 0.109. The lowest BCUT2D eigenvalue weighted by atomic mass is 10.0. The normalized spacial score (nSPS) is 19.5. The molecule has 0 radical (unpaired) electrons.